The van der Waals surface area contributed by atoms with Gasteiger partial charge in [-0.15, -0.1) is 22.7 Å². The van der Waals surface area contributed by atoms with Gasteiger partial charge in [-0.05, 0) is 37.6 Å². The summed E-state index contributed by atoms with van der Waals surface area (Å²) in [5, 5.41) is 6.49. The Morgan fingerprint density at radius 1 is 1.04 bits per heavy atom. The fourth-order valence-electron chi connectivity index (χ4n) is 2.14. The number of aliphatic imine (C=N–C) groups is 1. The molecule has 26 heavy (non-hydrogen) atoms. The highest BCUT2D eigenvalue weighted by Crippen LogP contribution is 2.23. The van der Waals surface area contributed by atoms with Gasteiger partial charge in [-0.1, -0.05) is 6.92 Å². The third-order valence-electron chi connectivity index (χ3n) is 3.61. The van der Waals surface area contributed by atoms with Crippen molar-refractivity contribution in [1.82, 2.24) is 14.9 Å². The van der Waals surface area contributed by atoms with E-state index in [0.29, 0.717) is 17.3 Å². The Labute approximate surface area is 164 Å². The Balaban J connectivity index is 2.00. The van der Waals surface area contributed by atoms with Crippen molar-refractivity contribution in [2.24, 2.45) is 4.99 Å². The largest absolute Gasteiger partial charge is 0.357 e. The van der Waals surface area contributed by atoms with Gasteiger partial charge in [0.05, 0.1) is 13.1 Å². The van der Waals surface area contributed by atoms with E-state index in [1.54, 1.807) is 17.4 Å². The maximum atomic E-state index is 12.2. The van der Waals surface area contributed by atoms with E-state index in [-0.39, 0.29) is 0 Å². The van der Waals surface area contributed by atoms with E-state index in [0.717, 1.165) is 23.8 Å². The van der Waals surface area contributed by atoms with E-state index in [4.69, 9.17) is 0 Å². The van der Waals surface area contributed by atoms with Crippen LogP contribution in [-0.4, -0.2) is 39.3 Å². The zero-order valence-electron chi connectivity index (χ0n) is 15.6. The van der Waals surface area contributed by atoms with Crippen LogP contribution in [0, 0.1) is 0 Å². The molecule has 2 aromatic rings. The summed E-state index contributed by atoms with van der Waals surface area (Å²) in [4.78, 5) is 8.15. The fraction of sp³-hybridized carbons (Fsp3) is 0.471. The Kier molecular flexibility index (Phi) is 7.63. The minimum atomic E-state index is -3.37. The summed E-state index contributed by atoms with van der Waals surface area (Å²) >= 11 is 3.06. The van der Waals surface area contributed by atoms with Gasteiger partial charge in [-0.25, -0.2) is 17.7 Å². The van der Waals surface area contributed by atoms with Crippen LogP contribution in [0.1, 0.15) is 28.5 Å². The summed E-state index contributed by atoms with van der Waals surface area (Å²) in [5.41, 5.74) is 0. The molecular formula is C17H26N4O2S3. The first-order chi connectivity index (χ1) is 12.4. The average molecular weight is 415 g/mol. The van der Waals surface area contributed by atoms with Gasteiger partial charge >= 0.3 is 0 Å². The number of nitrogens with one attached hydrogen (secondary N) is 2. The van der Waals surface area contributed by atoms with Crippen LogP contribution in [0.2, 0.25) is 0 Å². The third kappa shape index (κ3) is 5.54. The Morgan fingerprint density at radius 3 is 2.35 bits per heavy atom. The second-order valence-corrected chi connectivity index (χ2v) is 10.6. The zero-order chi connectivity index (χ0) is 19.2. The van der Waals surface area contributed by atoms with Gasteiger partial charge in [0.1, 0.15) is 4.21 Å². The van der Waals surface area contributed by atoms with Crippen LogP contribution in [0.25, 0.3) is 0 Å². The van der Waals surface area contributed by atoms with Crippen LogP contribution in [0.4, 0.5) is 0 Å². The summed E-state index contributed by atoms with van der Waals surface area (Å²) in [6.45, 7) is 6.09. The summed E-state index contributed by atoms with van der Waals surface area (Å²) in [6, 6.07) is 7.76. The molecule has 0 bridgehead atoms. The number of rotatable bonds is 8. The van der Waals surface area contributed by atoms with E-state index in [1.807, 2.05) is 13.0 Å². The molecule has 0 spiro atoms. The van der Waals surface area contributed by atoms with Crippen LogP contribution >= 0.6 is 22.7 Å². The number of guanidine groups is 1. The van der Waals surface area contributed by atoms with Crippen molar-refractivity contribution in [3.8, 4) is 0 Å². The van der Waals surface area contributed by atoms with Crippen molar-refractivity contribution in [2.45, 2.75) is 37.6 Å². The molecule has 6 nitrogen and oxygen atoms in total. The third-order valence-corrected chi connectivity index (χ3v) is 8.19. The van der Waals surface area contributed by atoms with E-state index >= 15 is 0 Å². The molecule has 0 unspecified atom stereocenters. The maximum Gasteiger partial charge on any atom is 0.252 e. The number of thiophene rings is 2. The van der Waals surface area contributed by atoms with Crippen LogP contribution in [0.15, 0.2) is 33.5 Å². The molecule has 0 fully saturated rings. The number of sulfonamides is 1. The Bertz CT molecular complexity index is 838. The van der Waals surface area contributed by atoms with Crippen molar-refractivity contribution in [3.05, 3.63) is 38.9 Å². The minimum Gasteiger partial charge on any atom is -0.357 e. The molecular weight excluding hydrogens is 388 g/mol. The fourth-order valence-corrected chi connectivity index (χ4v) is 5.49. The van der Waals surface area contributed by atoms with Crippen LogP contribution in [0.3, 0.4) is 0 Å². The lowest BCUT2D eigenvalue weighted by Gasteiger charge is -2.10. The molecule has 0 saturated heterocycles. The first-order valence-electron chi connectivity index (χ1n) is 8.47. The number of hydrogen-bond acceptors (Lipinski definition) is 5. The molecule has 0 amide bonds. The molecule has 0 aliphatic carbocycles. The smallest absolute Gasteiger partial charge is 0.252 e. The monoisotopic (exact) mass is 414 g/mol. The molecule has 2 N–H and O–H groups in total. The predicted molar refractivity (Wildman–Crippen MR) is 111 cm³/mol. The predicted octanol–water partition coefficient (Wildman–Crippen LogP) is 2.88. The van der Waals surface area contributed by atoms with Gasteiger partial charge in [-0.2, -0.15) is 0 Å². The van der Waals surface area contributed by atoms with E-state index in [1.165, 1.54) is 39.5 Å². The lowest BCUT2D eigenvalue weighted by molar-refractivity contribution is 0.523. The number of aryl methyl sites for hydroxylation is 1. The lowest BCUT2D eigenvalue weighted by Crippen LogP contribution is -2.36. The Hall–Kier alpha value is -1.42. The van der Waals surface area contributed by atoms with Crippen molar-refractivity contribution in [1.29, 1.82) is 0 Å². The molecule has 0 aliphatic rings. The van der Waals surface area contributed by atoms with Crippen LogP contribution in [0.5, 0.6) is 0 Å². The van der Waals surface area contributed by atoms with Gasteiger partial charge in [0.15, 0.2) is 5.96 Å². The zero-order valence-corrected chi connectivity index (χ0v) is 18.0. The molecule has 144 valence electrons. The molecule has 0 radical (unpaired) electrons. The highest BCUT2D eigenvalue weighted by molar-refractivity contribution is 7.91. The molecule has 0 aliphatic heterocycles. The average Bonchev–Trinajstić information content (AvgIpc) is 3.26. The van der Waals surface area contributed by atoms with E-state index in [2.05, 4.69) is 34.7 Å². The van der Waals surface area contributed by atoms with Crippen molar-refractivity contribution >= 4 is 38.7 Å². The second kappa shape index (κ2) is 9.50. The molecule has 2 aromatic heterocycles. The normalized spacial score (nSPS) is 12.6. The van der Waals surface area contributed by atoms with Gasteiger partial charge in [0, 0.05) is 35.3 Å². The first kappa shape index (κ1) is 20.9. The standard InChI is InChI=1S/C17H26N4O2S3/c1-5-13-7-8-14(24-13)11-19-17(18-6-2)20-12-15-9-10-16(25-15)26(22,23)21(3)4/h7-10H,5-6,11-12H2,1-4H3,(H2,18,19,20). The summed E-state index contributed by atoms with van der Waals surface area (Å²) in [6.07, 6.45) is 1.04. The molecule has 2 heterocycles. The first-order valence-corrected chi connectivity index (χ1v) is 11.5. The highest BCUT2D eigenvalue weighted by atomic mass is 32.2. The molecule has 0 atom stereocenters. The van der Waals surface area contributed by atoms with E-state index in [9.17, 15) is 8.42 Å². The lowest BCUT2D eigenvalue weighted by atomic mass is 10.4. The molecule has 0 saturated carbocycles. The van der Waals surface area contributed by atoms with Gasteiger partial charge in [0.2, 0.25) is 0 Å². The molecule has 9 heteroatoms. The van der Waals surface area contributed by atoms with Gasteiger partial charge in [-0.3, -0.25) is 0 Å². The molecule has 0 aromatic carbocycles. The maximum absolute atomic E-state index is 12.2. The summed E-state index contributed by atoms with van der Waals surface area (Å²) in [5.74, 6) is 0.726. The Morgan fingerprint density at radius 2 is 1.73 bits per heavy atom. The SMILES string of the molecule is CCNC(=NCc1ccc(CC)s1)NCc1ccc(S(=O)(=O)N(C)C)s1. The highest BCUT2D eigenvalue weighted by Gasteiger charge is 2.19. The quantitative estimate of drug-likeness (QED) is 0.515. The van der Waals surface area contributed by atoms with Crippen molar-refractivity contribution in [3.63, 3.8) is 0 Å². The van der Waals surface area contributed by atoms with Crippen LogP contribution in [-0.2, 0) is 29.5 Å². The number of nitrogens with zero attached hydrogens (tertiary/aromatic N) is 2. The van der Waals surface area contributed by atoms with Crippen molar-refractivity contribution < 1.29 is 8.42 Å². The topological polar surface area (TPSA) is 73.8 Å². The van der Waals surface area contributed by atoms with Crippen LogP contribution < -0.4 is 10.6 Å². The van der Waals surface area contributed by atoms with E-state index < -0.39 is 10.0 Å². The van der Waals surface area contributed by atoms with Crippen molar-refractivity contribution in [2.75, 3.05) is 20.6 Å². The minimum absolute atomic E-state index is 0.354. The summed E-state index contributed by atoms with van der Waals surface area (Å²) < 4.78 is 25.9. The summed E-state index contributed by atoms with van der Waals surface area (Å²) in [7, 11) is -0.294. The number of hydrogen-bond donors (Lipinski definition) is 2. The van der Waals surface area contributed by atoms with Gasteiger partial charge in [0.25, 0.3) is 10.0 Å². The second-order valence-electron chi connectivity index (χ2n) is 5.78. The molecule has 2 rings (SSSR count). The van der Waals surface area contributed by atoms with Gasteiger partial charge < -0.3 is 10.6 Å².